The molecule has 154 valence electrons. The molecule has 2 N–H and O–H groups in total. The van der Waals surface area contributed by atoms with Crippen LogP contribution >= 0.6 is 22.6 Å². The van der Waals surface area contributed by atoms with Gasteiger partial charge in [0.05, 0.1) is 5.56 Å². The first kappa shape index (κ1) is 21.8. The van der Waals surface area contributed by atoms with E-state index in [1.165, 1.54) is 24.3 Å². The summed E-state index contributed by atoms with van der Waals surface area (Å²) < 4.78 is 39.5. The minimum Gasteiger partial charge on any atom is -0.322 e. The molecule has 0 saturated carbocycles. The second-order valence-electron chi connectivity index (χ2n) is 6.53. The van der Waals surface area contributed by atoms with Gasteiger partial charge in [0.25, 0.3) is 11.8 Å². The van der Waals surface area contributed by atoms with Crippen LogP contribution in [0.2, 0.25) is 0 Å². The van der Waals surface area contributed by atoms with Crippen LogP contribution in [-0.4, -0.2) is 11.8 Å². The van der Waals surface area contributed by atoms with Crippen molar-refractivity contribution >= 4 is 45.8 Å². The molecule has 2 amide bonds. The Morgan fingerprint density at radius 3 is 1.97 bits per heavy atom. The van der Waals surface area contributed by atoms with Crippen LogP contribution in [0.1, 0.15) is 31.8 Å². The Morgan fingerprint density at radius 1 is 0.800 bits per heavy atom. The lowest BCUT2D eigenvalue weighted by molar-refractivity contribution is -0.137. The molecule has 0 heterocycles. The standard InChI is InChI=1S/C22H16F3IN2O2/c1-13-8-9-15(11-19(13)26)21(30)27-17-6-2-4-14(10-17)20(29)28-18-7-3-5-16(12-18)22(23,24)25/h2-12H,1H3,(H,27,30)(H,28,29). The number of aryl methyl sites for hydroxylation is 1. The molecule has 0 spiro atoms. The predicted octanol–water partition coefficient (Wildman–Crippen LogP) is 6.12. The fourth-order valence-corrected chi connectivity index (χ4v) is 3.17. The van der Waals surface area contributed by atoms with Crippen molar-refractivity contribution in [1.82, 2.24) is 0 Å². The molecule has 0 aliphatic rings. The van der Waals surface area contributed by atoms with E-state index in [0.29, 0.717) is 11.3 Å². The van der Waals surface area contributed by atoms with Crippen molar-refractivity contribution in [3.63, 3.8) is 0 Å². The summed E-state index contributed by atoms with van der Waals surface area (Å²) in [5, 5.41) is 5.17. The van der Waals surface area contributed by atoms with E-state index >= 15 is 0 Å². The molecule has 8 heteroatoms. The Hall–Kier alpha value is -2.88. The smallest absolute Gasteiger partial charge is 0.322 e. The third-order valence-electron chi connectivity index (χ3n) is 4.26. The lowest BCUT2D eigenvalue weighted by atomic mass is 10.1. The van der Waals surface area contributed by atoms with E-state index in [4.69, 9.17) is 0 Å². The van der Waals surface area contributed by atoms with E-state index in [9.17, 15) is 22.8 Å². The second kappa shape index (κ2) is 8.86. The molecule has 0 saturated heterocycles. The number of carbonyl (C=O) groups excluding carboxylic acids is 2. The number of anilines is 2. The van der Waals surface area contributed by atoms with E-state index < -0.39 is 17.6 Å². The minimum absolute atomic E-state index is 0.0264. The lowest BCUT2D eigenvalue weighted by Gasteiger charge is -2.11. The predicted molar refractivity (Wildman–Crippen MR) is 118 cm³/mol. The van der Waals surface area contributed by atoms with Crippen molar-refractivity contribution in [3.05, 3.63) is 92.6 Å². The zero-order chi connectivity index (χ0) is 21.9. The first-order valence-corrected chi connectivity index (χ1v) is 9.87. The third-order valence-corrected chi connectivity index (χ3v) is 5.43. The van der Waals surface area contributed by atoms with Gasteiger partial charge in [-0.05, 0) is 83.6 Å². The maximum absolute atomic E-state index is 12.8. The van der Waals surface area contributed by atoms with Gasteiger partial charge in [-0.25, -0.2) is 0 Å². The van der Waals surface area contributed by atoms with Gasteiger partial charge < -0.3 is 10.6 Å². The molecule has 3 aromatic rings. The van der Waals surface area contributed by atoms with Gasteiger partial charge in [-0.1, -0.05) is 18.2 Å². The van der Waals surface area contributed by atoms with Gasteiger partial charge in [0, 0.05) is 26.1 Å². The minimum atomic E-state index is -4.50. The summed E-state index contributed by atoms with van der Waals surface area (Å²) in [4.78, 5) is 24.9. The summed E-state index contributed by atoms with van der Waals surface area (Å²) in [6, 6.07) is 15.9. The number of benzene rings is 3. The second-order valence-corrected chi connectivity index (χ2v) is 7.69. The lowest BCUT2D eigenvalue weighted by Crippen LogP contribution is -2.15. The van der Waals surface area contributed by atoms with Gasteiger partial charge in [-0.2, -0.15) is 13.2 Å². The first-order valence-electron chi connectivity index (χ1n) is 8.79. The number of hydrogen-bond donors (Lipinski definition) is 2. The van der Waals surface area contributed by atoms with Crippen LogP contribution < -0.4 is 10.6 Å². The van der Waals surface area contributed by atoms with Gasteiger partial charge in [0.15, 0.2) is 0 Å². The molecular weight excluding hydrogens is 508 g/mol. The summed E-state index contributed by atoms with van der Waals surface area (Å²) in [5.41, 5.74) is 1.30. The van der Waals surface area contributed by atoms with Crippen molar-refractivity contribution in [2.75, 3.05) is 10.6 Å². The number of rotatable bonds is 4. The largest absolute Gasteiger partial charge is 0.416 e. The molecule has 0 bridgehead atoms. The molecule has 0 unspecified atom stereocenters. The Morgan fingerprint density at radius 2 is 1.37 bits per heavy atom. The fourth-order valence-electron chi connectivity index (χ4n) is 2.65. The van der Waals surface area contributed by atoms with Gasteiger partial charge in [0.2, 0.25) is 0 Å². The van der Waals surface area contributed by atoms with E-state index in [2.05, 4.69) is 33.2 Å². The van der Waals surface area contributed by atoms with E-state index in [1.54, 1.807) is 24.3 Å². The first-order chi connectivity index (χ1) is 14.1. The average Bonchev–Trinajstić information content (AvgIpc) is 2.69. The number of nitrogens with one attached hydrogen (secondary N) is 2. The molecule has 4 nitrogen and oxygen atoms in total. The number of carbonyl (C=O) groups is 2. The quantitative estimate of drug-likeness (QED) is 0.404. The highest BCUT2D eigenvalue weighted by atomic mass is 127. The van der Waals surface area contributed by atoms with Crippen molar-refractivity contribution < 1.29 is 22.8 Å². The average molecular weight is 524 g/mol. The van der Waals surface area contributed by atoms with E-state index in [1.807, 2.05) is 13.0 Å². The molecule has 0 aliphatic heterocycles. The van der Waals surface area contributed by atoms with Gasteiger partial charge in [0.1, 0.15) is 0 Å². The zero-order valence-corrected chi connectivity index (χ0v) is 17.8. The molecule has 0 radical (unpaired) electrons. The summed E-state index contributed by atoms with van der Waals surface area (Å²) in [5.74, 6) is -0.918. The van der Waals surface area contributed by atoms with Crippen molar-refractivity contribution in [3.8, 4) is 0 Å². The fraction of sp³-hybridized carbons (Fsp3) is 0.0909. The SMILES string of the molecule is Cc1ccc(C(=O)Nc2cccc(C(=O)Nc3cccc(C(F)(F)F)c3)c2)cc1I. The maximum Gasteiger partial charge on any atom is 0.416 e. The van der Waals surface area contributed by atoms with Gasteiger partial charge in [-0.15, -0.1) is 0 Å². The molecule has 30 heavy (non-hydrogen) atoms. The molecule has 0 fully saturated rings. The highest BCUT2D eigenvalue weighted by Crippen LogP contribution is 2.30. The van der Waals surface area contributed by atoms with Crippen LogP contribution in [0, 0.1) is 10.5 Å². The number of halogens is 4. The van der Waals surface area contributed by atoms with E-state index in [-0.39, 0.29) is 17.2 Å². The number of amides is 2. The van der Waals surface area contributed by atoms with E-state index in [0.717, 1.165) is 21.3 Å². The molecule has 0 aromatic heterocycles. The van der Waals surface area contributed by atoms with Crippen molar-refractivity contribution in [2.24, 2.45) is 0 Å². The molecular formula is C22H16F3IN2O2. The topological polar surface area (TPSA) is 58.2 Å². The third kappa shape index (κ3) is 5.38. The Kier molecular flexibility index (Phi) is 6.45. The summed E-state index contributed by atoms with van der Waals surface area (Å²) in [6.07, 6.45) is -4.50. The Labute approximate surface area is 184 Å². The van der Waals surface area contributed by atoms with Crippen LogP contribution in [0.3, 0.4) is 0 Å². The van der Waals surface area contributed by atoms with Crippen LogP contribution in [0.5, 0.6) is 0 Å². The van der Waals surface area contributed by atoms with Gasteiger partial charge in [-0.3, -0.25) is 9.59 Å². The summed E-state index contributed by atoms with van der Waals surface area (Å²) >= 11 is 2.14. The maximum atomic E-state index is 12.8. The zero-order valence-electron chi connectivity index (χ0n) is 15.7. The Balaban J connectivity index is 1.74. The Bertz CT molecular complexity index is 1110. The molecule has 0 atom stereocenters. The molecule has 0 aliphatic carbocycles. The monoisotopic (exact) mass is 524 g/mol. The molecule has 3 aromatic carbocycles. The molecule has 3 rings (SSSR count). The van der Waals surface area contributed by atoms with Crippen LogP contribution in [0.4, 0.5) is 24.5 Å². The highest BCUT2D eigenvalue weighted by molar-refractivity contribution is 14.1. The van der Waals surface area contributed by atoms with Crippen LogP contribution in [0.15, 0.2) is 66.7 Å². The van der Waals surface area contributed by atoms with Crippen molar-refractivity contribution in [2.45, 2.75) is 13.1 Å². The van der Waals surface area contributed by atoms with Crippen molar-refractivity contribution in [1.29, 1.82) is 0 Å². The number of alkyl halides is 3. The highest BCUT2D eigenvalue weighted by Gasteiger charge is 2.30. The summed E-state index contributed by atoms with van der Waals surface area (Å²) in [6.45, 7) is 1.94. The van der Waals surface area contributed by atoms with Crippen LogP contribution in [0.25, 0.3) is 0 Å². The summed E-state index contributed by atoms with van der Waals surface area (Å²) in [7, 11) is 0. The normalized spacial score (nSPS) is 11.1. The number of hydrogen-bond acceptors (Lipinski definition) is 2. The van der Waals surface area contributed by atoms with Gasteiger partial charge >= 0.3 is 6.18 Å². The van der Waals surface area contributed by atoms with Crippen LogP contribution in [-0.2, 0) is 6.18 Å².